The molecule has 15 heavy (non-hydrogen) atoms. The first kappa shape index (κ1) is 11.5. The van der Waals surface area contributed by atoms with E-state index in [1.165, 1.54) is 10.6 Å². The van der Waals surface area contributed by atoms with Gasteiger partial charge in [0.1, 0.15) is 5.56 Å². The van der Waals surface area contributed by atoms with Crippen LogP contribution in [-0.4, -0.2) is 16.0 Å². The molecule has 0 atom stereocenters. The Balaban J connectivity index is 3.03. The maximum atomic E-state index is 11.7. The number of pyridine rings is 1. The third-order valence-electron chi connectivity index (χ3n) is 1.86. The Bertz CT molecular complexity index is 427. The molecule has 0 fully saturated rings. The van der Waals surface area contributed by atoms with Crippen LogP contribution in [0.3, 0.4) is 0 Å². The van der Waals surface area contributed by atoms with Gasteiger partial charge in [-0.2, -0.15) is 0 Å². The molecule has 0 aliphatic rings. The molecule has 0 saturated carbocycles. The standard InChI is InChI=1S/C11H16N2O2/c1-11(2,3)12-9(14)8-6-5-7-13(4)10(8)15/h5-7H,1-4H3,(H,12,14). The Hall–Kier alpha value is -1.58. The molecule has 0 aliphatic heterocycles. The lowest BCUT2D eigenvalue weighted by molar-refractivity contribution is 0.0917. The van der Waals surface area contributed by atoms with Crippen LogP contribution in [0.25, 0.3) is 0 Å². The van der Waals surface area contributed by atoms with Crippen molar-refractivity contribution in [1.82, 2.24) is 9.88 Å². The number of amides is 1. The van der Waals surface area contributed by atoms with E-state index in [4.69, 9.17) is 0 Å². The van der Waals surface area contributed by atoms with E-state index in [1.54, 1.807) is 19.3 Å². The van der Waals surface area contributed by atoms with Crippen molar-refractivity contribution in [3.05, 3.63) is 34.2 Å². The minimum Gasteiger partial charge on any atom is -0.347 e. The molecule has 0 aromatic carbocycles. The topological polar surface area (TPSA) is 51.1 Å². The molecule has 1 rings (SSSR count). The van der Waals surface area contributed by atoms with Gasteiger partial charge in [-0.1, -0.05) is 0 Å². The van der Waals surface area contributed by atoms with Crippen LogP contribution in [-0.2, 0) is 7.05 Å². The number of hydrogen-bond donors (Lipinski definition) is 1. The maximum absolute atomic E-state index is 11.7. The summed E-state index contributed by atoms with van der Waals surface area (Å²) in [5.74, 6) is -0.330. The SMILES string of the molecule is Cn1cccc(C(=O)NC(C)(C)C)c1=O. The average Bonchev–Trinajstić information content (AvgIpc) is 2.06. The van der Waals surface area contributed by atoms with Crippen molar-refractivity contribution in [2.75, 3.05) is 0 Å². The highest BCUT2D eigenvalue weighted by atomic mass is 16.2. The predicted molar refractivity (Wildman–Crippen MR) is 58.9 cm³/mol. The highest BCUT2D eigenvalue weighted by Crippen LogP contribution is 2.01. The number of carbonyl (C=O) groups is 1. The fourth-order valence-corrected chi connectivity index (χ4v) is 1.18. The highest BCUT2D eigenvalue weighted by Gasteiger charge is 2.17. The molecular weight excluding hydrogens is 192 g/mol. The maximum Gasteiger partial charge on any atom is 0.263 e. The van der Waals surface area contributed by atoms with Gasteiger partial charge in [0.15, 0.2) is 0 Å². The molecule has 0 spiro atoms. The van der Waals surface area contributed by atoms with Crippen LogP contribution in [0.1, 0.15) is 31.1 Å². The van der Waals surface area contributed by atoms with Gasteiger partial charge in [0.25, 0.3) is 11.5 Å². The lowest BCUT2D eigenvalue weighted by Gasteiger charge is -2.20. The quantitative estimate of drug-likeness (QED) is 0.746. The molecule has 0 unspecified atom stereocenters. The summed E-state index contributed by atoms with van der Waals surface area (Å²) in [6, 6.07) is 3.21. The van der Waals surface area contributed by atoms with E-state index in [1.807, 2.05) is 20.8 Å². The zero-order valence-corrected chi connectivity index (χ0v) is 9.50. The Kier molecular flexibility index (Phi) is 2.98. The smallest absolute Gasteiger partial charge is 0.263 e. The molecule has 4 heteroatoms. The average molecular weight is 208 g/mol. The highest BCUT2D eigenvalue weighted by molar-refractivity contribution is 5.94. The second kappa shape index (κ2) is 3.88. The van der Waals surface area contributed by atoms with Crippen molar-refractivity contribution >= 4 is 5.91 Å². The van der Waals surface area contributed by atoms with Crippen LogP contribution in [0.2, 0.25) is 0 Å². The van der Waals surface area contributed by atoms with E-state index in [-0.39, 0.29) is 22.6 Å². The number of nitrogens with zero attached hydrogens (tertiary/aromatic N) is 1. The summed E-state index contributed by atoms with van der Waals surface area (Å²) < 4.78 is 1.39. The summed E-state index contributed by atoms with van der Waals surface area (Å²) in [5.41, 5.74) is -0.438. The van der Waals surface area contributed by atoms with Gasteiger partial charge in [0.2, 0.25) is 0 Å². The van der Waals surface area contributed by atoms with E-state index in [2.05, 4.69) is 5.32 Å². The molecule has 0 radical (unpaired) electrons. The van der Waals surface area contributed by atoms with Crippen molar-refractivity contribution in [1.29, 1.82) is 0 Å². The van der Waals surface area contributed by atoms with Gasteiger partial charge in [0.05, 0.1) is 0 Å². The second-order valence-corrected chi connectivity index (χ2v) is 4.54. The Morgan fingerprint density at radius 2 is 2.00 bits per heavy atom. The predicted octanol–water partition coefficient (Wildman–Crippen LogP) is 0.914. The number of aromatic nitrogens is 1. The number of carbonyl (C=O) groups excluding carboxylic acids is 1. The lowest BCUT2D eigenvalue weighted by Crippen LogP contribution is -2.43. The van der Waals surface area contributed by atoms with Crippen LogP contribution in [0.15, 0.2) is 23.1 Å². The zero-order valence-electron chi connectivity index (χ0n) is 9.50. The molecule has 1 amide bonds. The third kappa shape index (κ3) is 2.94. The first-order chi connectivity index (χ1) is 6.81. The lowest BCUT2D eigenvalue weighted by atomic mass is 10.1. The van der Waals surface area contributed by atoms with Crippen LogP contribution < -0.4 is 10.9 Å². The summed E-state index contributed by atoms with van der Waals surface area (Å²) >= 11 is 0. The molecule has 1 aromatic heterocycles. The minimum absolute atomic E-state index is 0.176. The van der Waals surface area contributed by atoms with Crippen LogP contribution in [0.5, 0.6) is 0 Å². The zero-order chi connectivity index (χ0) is 11.6. The summed E-state index contributed by atoms with van der Waals surface area (Å²) in [6.07, 6.45) is 1.62. The number of hydrogen-bond acceptors (Lipinski definition) is 2. The second-order valence-electron chi connectivity index (χ2n) is 4.54. The van der Waals surface area contributed by atoms with Gasteiger partial charge in [0, 0.05) is 18.8 Å². The van der Waals surface area contributed by atoms with Gasteiger partial charge in [-0.05, 0) is 32.9 Å². The largest absolute Gasteiger partial charge is 0.347 e. The van der Waals surface area contributed by atoms with E-state index in [0.717, 1.165) is 0 Å². The van der Waals surface area contributed by atoms with Crippen molar-refractivity contribution < 1.29 is 4.79 Å². The van der Waals surface area contributed by atoms with Crippen molar-refractivity contribution in [3.63, 3.8) is 0 Å². The van der Waals surface area contributed by atoms with Gasteiger partial charge < -0.3 is 9.88 Å². The normalized spacial score (nSPS) is 11.2. The molecule has 1 N–H and O–H groups in total. The summed E-state index contributed by atoms with van der Waals surface area (Å²) in [4.78, 5) is 23.3. The van der Waals surface area contributed by atoms with Crippen LogP contribution in [0.4, 0.5) is 0 Å². The van der Waals surface area contributed by atoms with Crippen molar-refractivity contribution in [2.24, 2.45) is 7.05 Å². The monoisotopic (exact) mass is 208 g/mol. The minimum atomic E-state index is -0.335. The van der Waals surface area contributed by atoms with Crippen LogP contribution in [0, 0.1) is 0 Å². The van der Waals surface area contributed by atoms with E-state index >= 15 is 0 Å². The summed E-state index contributed by atoms with van der Waals surface area (Å²) in [5, 5.41) is 2.75. The van der Waals surface area contributed by atoms with Gasteiger partial charge in [-0.3, -0.25) is 9.59 Å². The number of rotatable bonds is 1. The van der Waals surface area contributed by atoms with Gasteiger partial charge in [-0.25, -0.2) is 0 Å². The van der Waals surface area contributed by atoms with Crippen molar-refractivity contribution in [3.8, 4) is 0 Å². The molecular formula is C11H16N2O2. The third-order valence-corrected chi connectivity index (χ3v) is 1.86. The Morgan fingerprint density at radius 1 is 1.40 bits per heavy atom. The molecule has 0 aliphatic carbocycles. The Labute approximate surface area is 88.9 Å². The fourth-order valence-electron chi connectivity index (χ4n) is 1.18. The van der Waals surface area contributed by atoms with Gasteiger partial charge >= 0.3 is 0 Å². The first-order valence-corrected chi connectivity index (χ1v) is 4.79. The number of nitrogens with one attached hydrogen (secondary N) is 1. The molecule has 0 saturated heterocycles. The summed E-state index contributed by atoms with van der Waals surface area (Å²) in [7, 11) is 1.62. The molecule has 0 bridgehead atoms. The fraction of sp³-hybridized carbons (Fsp3) is 0.455. The summed E-state index contributed by atoms with van der Waals surface area (Å²) in [6.45, 7) is 5.62. The van der Waals surface area contributed by atoms with Crippen LogP contribution >= 0.6 is 0 Å². The Morgan fingerprint density at radius 3 is 2.53 bits per heavy atom. The number of aryl methyl sites for hydroxylation is 1. The molecule has 1 aromatic rings. The van der Waals surface area contributed by atoms with E-state index in [9.17, 15) is 9.59 Å². The molecule has 1 heterocycles. The van der Waals surface area contributed by atoms with Crippen molar-refractivity contribution in [2.45, 2.75) is 26.3 Å². The molecule has 82 valence electrons. The van der Waals surface area contributed by atoms with E-state index in [0.29, 0.717) is 0 Å². The van der Waals surface area contributed by atoms with Gasteiger partial charge in [-0.15, -0.1) is 0 Å². The first-order valence-electron chi connectivity index (χ1n) is 4.79. The molecule has 4 nitrogen and oxygen atoms in total. The van der Waals surface area contributed by atoms with E-state index < -0.39 is 0 Å².